The van der Waals surface area contributed by atoms with E-state index >= 15 is 0 Å². The molecule has 0 fully saturated rings. The van der Waals surface area contributed by atoms with E-state index in [4.69, 9.17) is 9.47 Å². The van der Waals surface area contributed by atoms with Crippen LogP contribution in [-0.2, 0) is 29.5 Å². The molecule has 8 nitrogen and oxygen atoms in total. The summed E-state index contributed by atoms with van der Waals surface area (Å²) in [6.07, 6.45) is -0.501. The molecule has 2 N–H and O–H groups in total. The lowest BCUT2D eigenvalue weighted by molar-refractivity contribution is -0.135. The predicted molar refractivity (Wildman–Crippen MR) is 99.5 cm³/mol. The summed E-state index contributed by atoms with van der Waals surface area (Å²) in [6.45, 7) is 4.52. The van der Waals surface area contributed by atoms with Crippen molar-refractivity contribution in [2.24, 2.45) is 7.05 Å². The van der Waals surface area contributed by atoms with Crippen LogP contribution < -0.4 is 10.9 Å². The Bertz CT molecular complexity index is 861. The molecule has 1 aromatic heterocycles. The molecule has 2 rings (SSSR count). The molecule has 0 radical (unpaired) electrons. The largest absolute Gasteiger partial charge is 0.501 e. The number of carbonyl (C=O) groups excluding carboxylic acids is 1. The van der Waals surface area contributed by atoms with Crippen molar-refractivity contribution in [3.8, 4) is 5.75 Å². The van der Waals surface area contributed by atoms with Crippen LogP contribution in [0.5, 0.6) is 5.75 Å². The molecule has 0 aliphatic rings. The summed E-state index contributed by atoms with van der Waals surface area (Å²) in [7, 11) is 1.44. The molecule has 9 heteroatoms. The number of benzene rings is 1. The maximum absolute atomic E-state index is 13.0. The fraction of sp³-hybridized carbons (Fsp3) is 0.421. The molecule has 0 saturated heterocycles. The second kappa shape index (κ2) is 9.95. The first-order valence-corrected chi connectivity index (χ1v) is 8.92. The summed E-state index contributed by atoms with van der Waals surface area (Å²) in [5, 5.41) is 12.6. The Morgan fingerprint density at radius 3 is 2.43 bits per heavy atom. The third-order valence-electron chi connectivity index (χ3n) is 4.00. The first kappa shape index (κ1) is 21.5. The van der Waals surface area contributed by atoms with E-state index in [2.05, 4.69) is 10.3 Å². The third-order valence-corrected chi connectivity index (χ3v) is 4.00. The number of aromatic hydroxyl groups is 1. The zero-order valence-corrected chi connectivity index (χ0v) is 16.1. The van der Waals surface area contributed by atoms with Crippen LogP contribution in [0.15, 0.2) is 29.1 Å². The molecule has 1 amide bonds. The molecule has 0 aliphatic heterocycles. The molecule has 0 aliphatic carbocycles. The molecule has 0 saturated carbocycles. The minimum Gasteiger partial charge on any atom is -0.501 e. The van der Waals surface area contributed by atoms with E-state index in [0.29, 0.717) is 18.8 Å². The van der Waals surface area contributed by atoms with Gasteiger partial charge in [0.2, 0.25) is 5.75 Å². The smallest absolute Gasteiger partial charge is 0.296 e. The predicted octanol–water partition coefficient (Wildman–Crippen LogP) is 1.50. The fourth-order valence-corrected chi connectivity index (χ4v) is 2.53. The number of nitrogens with zero attached hydrogens (tertiary/aromatic N) is 2. The van der Waals surface area contributed by atoms with E-state index in [1.165, 1.54) is 31.3 Å². The molecule has 0 atom stereocenters. The maximum Gasteiger partial charge on any atom is 0.296 e. The zero-order valence-electron chi connectivity index (χ0n) is 16.1. The first-order chi connectivity index (χ1) is 13.4. The number of hydrogen-bond donors (Lipinski definition) is 2. The highest BCUT2D eigenvalue weighted by Crippen LogP contribution is 2.12. The monoisotopic (exact) mass is 393 g/mol. The molecule has 0 unspecified atom stereocenters. The molecule has 28 heavy (non-hydrogen) atoms. The normalized spacial score (nSPS) is 11.0. The number of carbonyl (C=O) groups is 1. The highest BCUT2D eigenvalue weighted by Gasteiger charge is 2.22. The minimum atomic E-state index is -0.747. The van der Waals surface area contributed by atoms with E-state index in [-0.39, 0.29) is 30.3 Å². The number of rotatable bonds is 9. The molecule has 1 aromatic carbocycles. The van der Waals surface area contributed by atoms with Crippen molar-refractivity contribution in [3.05, 3.63) is 57.5 Å². The topological polar surface area (TPSA) is 103 Å². The summed E-state index contributed by atoms with van der Waals surface area (Å²) >= 11 is 0. The lowest BCUT2D eigenvalue weighted by Crippen LogP contribution is -2.32. The molecular formula is C19H24FN3O5. The van der Waals surface area contributed by atoms with Gasteiger partial charge in [-0.1, -0.05) is 12.1 Å². The molecule has 2 aromatic rings. The number of amides is 1. The van der Waals surface area contributed by atoms with Crippen molar-refractivity contribution in [2.45, 2.75) is 33.1 Å². The van der Waals surface area contributed by atoms with Gasteiger partial charge >= 0.3 is 0 Å². The molecule has 152 valence electrons. The molecule has 0 bridgehead atoms. The average molecular weight is 393 g/mol. The van der Waals surface area contributed by atoms with E-state index in [1.54, 1.807) is 0 Å². The van der Waals surface area contributed by atoms with Crippen molar-refractivity contribution >= 4 is 5.91 Å². The highest BCUT2D eigenvalue weighted by atomic mass is 19.1. The summed E-state index contributed by atoms with van der Waals surface area (Å²) < 4.78 is 25.0. The van der Waals surface area contributed by atoms with Gasteiger partial charge in [0.25, 0.3) is 11.5 Å². The maximum atomic E-state index is 13.0. The van der Waals surface area contributed by atoms with Crippen molar-refractivity contribution in [3.63, 3.8) is 0 Å². The molecule has 0 spiro atoms. The third kappa shape index (κ3) is 5.37. The Balaban J connectivity index is 2.22. The Kier molecular flexibility index (Phi) is 7.65. The zero-order chi connectivity index (χ0) is 20.7. The Morgan fingerprint density at radius 1 is 1.25 bits per heavy atom. The summed E-state index contributed by atoms with van der Waals surface area (Å²) in [5.41, 5.74) is -0.471. The lowest BCUT2D eigenvalue weighted by atomic mass is 10.2. The number of ether oxygens (including phenoxy) is 2. The van der Waals surface area contributed by atoms with Gasteiger partial charge in [0.1, 0.15) is 11.6 Å². The van der Waals surface area contributed by atoms with Crippen LogP contribution >= 0.6 is 0 Å². The quantitative estimate of drug-likeness (QED) is 0.626. The number of nitrogens with one attached hydrogen (secondary N) is 1. The minimum absolute atomic E-state index is 0.0886. The van der Waals surface area contributed by atoms with Crippen LogP contribution in [0.4, 0.5) is 4.39 Å². The number of halogens is 1. The van der Waals surface area contributed by atoms with Gasteiger partial charge in [-0.05, 0) is 31.5 Å². The van der Waals surface area contributed by atoms with Crippen molar-refractivity contribution in [1.29, 1.82) is 0 Å². The second-order valence-electron chi connectivity index (χ2n) is 5.94. The van der Waals surface area contributed by atoms with E-state index in [0.717, 1.165) is 4.57 Å². The first-order valence-electron chi connectivity index (χ1n) is 8.92. The van der Waals surface area contributed by atoms with Gasteiger partial charge in [0.15, 0.2) is 12.0 Å². The van der Waals surface area contributed by atoms with Crippen LogP contribution in [0.1, 0.15) is 35.7 Å². The van der Waals surface area contributed by atoms with Crippen LogP contribution in [0, 0.1) is 5.82 Å². The van der Waals surface area contributed by atoms with Crippen LogP contribution in [0.2, 0.25) is 0 Å². The van der Waals surface area contributed by atoms with Gasteiger partial charge < -0.3 is 19.9 Å². The second-order valence-corrected chi connectivity index (χ2v) is 5.94. The van der Waals surface area contributed by atoms with E-state index < -0.39 is 23.5 Å². The number of aromatic nitrogens is 2. The Labute approximate surface area is 161 Å². The summed E-state index contributed by atoms with van der Waals surface area (Å²) in [5.74, 6) is -1.61. The highest BCUT2D eigenvalue weighted by molar-refractivity contribution is 5.94. The summed E-state index contributed by atoms with van der Waals surface area (Å²) in [4.78, 5) is 28.9. The van der Waals surface area contributed by atoms with E-state index in [1.807, 2.05) is 13.8 Å². The van der Waals surface area contributed by atoms with Gasteiger partial charge in [0.05, 0.1) is 6.42 Å². The van der Waals surface area contributed by atoms with Gasteiger partial charge in [-0.15, -0.1) is 0 Å². The lowest BCUT2D eigenvalue weighted by Gasteiger charge is -2.18. The Morgan fingerprint density at radius 2 is 1.86 bits per heavy atom. The van der Waals surface area contributed by atoms with Crippen LogP contribution in [0.25, 0.3) is 0 Å². The Hall–Kier alpha value is -2.78. The van der Waals surface area contributed by atoms with Crippen molar-refractivity contribution in [1.82, 2.24) is 14.9 Å². The van der Waals surface area contributed by atoms with Crippen molar-refractivity contribution in [2.75, 3.05) is 13.2 Å². The van der Waals surface area contributed by atoms with E-state index in [9.17, 15) is 19.1 Å². The van der Waals surface area contributed by atoms with Gasteiger partial charge in [-0.3, -0.25) is 14.2 Å². The van der Waals surface area contributed by atoms with Gasteiger partial charge in [-0.25, -0.2) is 9.37 Å². The summed E-state index contributed by atoms with van der Waals surface area (Å²) in [6, 6.07) is 5.59. The SMILES string of the molecule is CCOC(Cc1nc(C(=O)NCc2ccc(F)cc2)c(O)c(=O)n1C)OCC. The average Bonchev–Trinajstić information content (AvgIpc) is 2.68. The number of hydrogen-bond acceptors (Lipinski definition) is 6. The van der Waals surface area contributed by atoms with Crippen LogP contribution in [0.3, 0.4) is 0 Å². The van der Waals surface area contributed by atoms with Crippen molar-refractivity contribution < 1.29 is 23.8 Å². The van der Waals surface area contributed by atoms with Gasteiger partial charge in [-0.2, -0.15) is 0 Å². The van der Waals surface area contributed by atoms with Gasteiger partial charge in [0, 0.05) is 26.8 Å². The fourth-order valence-electron chi connectivity index (χ4n) is 2.53. The molecule has 1 heterocycles. The van der Waals surface area contributed by atoms with Crippen LogP contribution in [-0.4, -0.2) is 40.1 Å². The molecular weight excluding hydrogens is 369 g/mol. The standard InChI is InChI=1S/C19H24FN3O5/c1-4-27-15(28-5-2)10-14-22-16(17(24)19(26)23(14)3)18(25)21-11-12-6-8-13(20)9-7-12/h6-9,15,24H,4-5,10-11H2,1-3H3,(H,21,25).